The van der Waals surface area contributed by atoms with Gasteiger partial charge in [-0.05, 0) is 29.8 Å². The van der Waals surface area contributed by atoms with E-state index in [9.17, 15) is 9.00 Å². The zero-order valence-electron chi connectivity index (χ0n) is 11.5. The van der Waals surface area contributed by atoms with E-state index >= 15 is 0 Å². The molecule has 0 aliphatic rings. The summed E-state index contributed by atoms with van der Waals surface area (Å²) in [6, 6.07) is 11.8. The van der Waals surface area contributed by atoms with Crippen LogP contribution in [0.15, 0.2) is 47.4 Å². The van der Waals surface area contributed by atoms with Crippen LogP contribution in [0.25, 0.3) is 0 Å². The van der Waals surface area contributed by atoms with Crippen LogP contribution in [-0.4, -0.2) is 17.2 Å². The summed E-state index contributed by atoms with van der Waals surface area (Å²) in [7, 11) is 0.131. The van der Waals surface area contributed by atoms with Crippen molar-refractivity contribution in [3.8, 4) is 5.75 Å². The Morgan fingerprint density at radius 3 is 2.62 bits per heavy atom. The number of carbonyl (C=O) groups is 1. The largest absolute Gasteiger partial charge is 0.497 e. The van der Waals surface area contributed by atoms with E-state index in [1.807, 2.05) is 0 Å². The average molecular weight is 304 g/mol. The first-order chi connectivity index (χ1) is 10.0. The molecule has 0 saturated heterocycles. The summed E-state index contributed by atoms with van der Waals surface area (Å²) in [4.78, 5) is 11.9. The molecule has 0 aliphatic carbocycles. The summed E-state index contributed by atoms with van der Waals surface area (Å²) in [6.07, 6.45) is 0. The predicted octanol–water partition coefficient (Wildman–Crippen LogP) is 1.68. The third kappa shape index (κ3) is 3.41. The molecule has 6 heteroatoms. The van der Waals surface area contributed by atoms with Crippen LogP contribution >= 0.6 is 0 Å². The Hall–Kier alpha value is -2.34. The molecule has 1 atom stereocenters. The number of nitrogen functional groups attached to an aromatic ring is 1. The Morgan fingerprint density at radius 2 is 1.95 bits per heavy atom. The van der Waals surface area contributed by atoms with Gasteiger partial charge in [0.05, 0.1) is 28.6 Å². The molecule has 1 amide bonds. The van der Waals surface area contributed by atoms with Gasteiger partial charge in [-0.3, -0.25) is 9.00 Å². The summed E-state index contributed by atoms with van der Waals surface area (Å²) in [5.41, 5.74) is 12.6. The van der Waals surface area contributed by atoms with Crippen LogP contribution in [0, 0.1) is 0 Å². The molecule has 21 heavy (non-hydrogen) atoms. The first-order valence-corrected chi connectivity index (χ1v) is 7.54. The molecule has 110 valence electrons. The average Bonchev–Trinajstić information content (AvgIpc) is 2.48. The quantitative estimate of drug-likeness (QED) is 0.822. The number of hydrogen-bond acceptors (Lipinski definition) is 4. The van der Waals surface area contributed by atoms with Crippen molar-refractivity contribution in [2.45, 2.75) is 10.6 Å². The zero-order valence-corrected chi connectivity index (χ0v) is 12.4. The molecule has 0 spiro atoms. The molecular weight excluding hydrogens is 288 g/mol. The third-order valence-electron chi connectivity index (χ3n) is 3.04. The van der Waals surface area contributed by atoms with E-state index in [1.54, 1.807) is 42.5 Å². The number of rotatable bonds is 5. The molecule has 0 aliphatic heterocycles. The fraction of sp³-hybridized carbons (Fsp3) is 0.133. The van der Waals surface area contributed by atoms with E-state index in [0.29, 0.717) is 27.5 Å². The van der Waals surface area contributed by atoms with E-state index in [2.05, 4.69) is 0 Å². The molecule has 2 rings (SSSR count). The van der Waals surface area contributed by atoms with Crippen molar-refractivity contribution in [1.82, 2.24) is 0 Å². The second kappa shape index (κ2) is 6.41. The van der Waals surface area contributed by atoms with Crippen LogP contribution in [0.3, 0.4) is 0 Å². The number of ether oxygens (including phenoxy) is 1. The lowest BCUT2D eigenvalue weighted by Gasteiger charge is -2.10. The summed E-state index contributed by atoms with van der Waals surface area (Å²) < 4.78 is 17.6. The number of carbonyl (C=O) groups excluding carboxylic acids is 1. The number of methoxy groups -OCH3 is 1. The van der Waals surface area contributed by atoms with Crippen molar-refractivity contribution in [3.63, 3.8) is 0 Å². The van der Waals surface area contributed by atoms with Gasteiger partial charge in [0, 0.05) is 11.3 Å². The van der Waals surface area contributed by atoms with Crippen molar-refractivity contribution in [3.05, 3.63) is 53.6 Å². The number of benzene rings is 2. The maximum atomic E-state index is 12.5. The van der Waals surface area contributed by atoms with E-state index < -0.39 is 16.7 Å². The Morgan fingerprint density at radius 1 is 1.24 bits per heavy atom. The number of primary amides is 1. The Kier molecular flexibility index (Phi) is 4.59. The molecule has 2 aromatic carbocycles. The lowest BCUT2D eigenvalue weighted by molar-refractivity contribution is 0.0999. The van der Waals surface area contributed by atoms with Crippen molar-refractivity contribution >= 4 is 22.4 Å². The maximum absolute atomic E-state index is 12.5. The molecule has 0 radical (unpaired) electrons. The number of hydrogen-bond donors (Lipinski definition) is 2. The molecule has 4 N–H and O–H groups in total. The fourth-order valence-corrected chi connectivity index (χ4v) is 3.21. The highest BCUT2D eigenvalue weighted by Crippen LogP contribution is 2.25. The topological polar surface area (TPSA) is 95.4 Å². The second-order valence-corrected chi connectivity index (χ2v) is 5.83. The highest BCUT2D eigenvalue weighted by Gasteiger charge is 2.14. The first-order valence-electron chi connectivity index (χ1n) is 6.22. The highest BCUT2D eigenvalue weighted by molar-refractivity contribution is 7.84. The van der Waals surface area contributed by atoms with Crippen LogP contribution < -0.4 is 16.2 Å². The molecule has 2 aromatic rings. The number of anilines is 1. The van der Waals surface area contributed by atoms with Crippen LogP contribution in [0.2, 0.25) is 0 Å². The predicted molar refractivity (Wildman–Crippen MR) is 82.5 cm³/mol. The van der Waals surface area contributed by atoms with Crippen LogP contribution in [0.1, 0.15) is 15.9 Å². The number of nitrogens with two attached hydrogens (primary N) is 2. The molecule has 0 heterocycles. The van der Waals surface area contributed by atoms with Crippen LogP contribution in [-0.2, 0) is 16.6 Å². The third-order valence-corrected chi connectivity index (χ3v) is 4.45. The minimum Gasteiger partial charge on any atom is -0.497 e. The van der Waals surface area contributed by atoms with Gasteiger partial charge in [0.1, 0.15) is 5.75 Å². The SMILES string of the molecule is COc1ccc(N)c(S(=O)Cc2ccccc2C(N)=O)c1. The summed E-state index contributed by atoms with van der Waals surface area (Å²) >= 11 is 0. The fourth-order valence-electron chi connectivity index (χ4n) is 1.94. The smallest absolute Gasteiger partial charge is 0.249 e. The van der Waals surface area contributed by atoms with Crippen LogP contribution in [0.4, 0.5) is 5.69 Å². The van der Waals surface area contributed by atoms with Gasteiger partial charge in [-0.2, -0.15) is 0 Å². The molecule has 0 aromatic heterocycles. The summed E-state index contributed by atoms with van der Waals surface area (Å²) in [5.74, 6) is 0.202. The second-order valence-electron chi connectivity index (χ2n) is 4.42. The monoisotopic (exact) mass is 304 g/mol. The molecule has 1 unspecified atom stereocenters. The highest BCUT2D eigenvalue weighted by atomic mass is 32.2. The van der Waals surface area contributed by atoms with E-state index in [-0.39, 0.29) is 5.75 Å². The van der Waals surface area contributed by atoms with Gasteiger partial charge in [-0.25, -0.2) is 0 Å². The van der Waals surface area contributed by atoms with Gasteiger partial charge in [-0.1, -0.05) is 18.2 Å². The lowest BCUT2D eigenvalue weighted by atomic mass is 10.1. The van der Waals surface area contributed by atoms with Gasteiger partial charge < -0.3 is 16.2 Å². The van der Waals surface area contributed by atoms with Crippen LogP contribution in [0.5, 0.6) is 5.75 Å². The minimum absolute atomic E-state index is 0.163. The lowest BCUT2D eigenvalue weighted by Crippen LogP contribution is -2.14. The van der Waals surface area contributed by atoms with Gasteiger partial charge in [0.15, 0.2) is 0 Å². The maximum Gasteiger partial charge on any atom is 0.249 e. The van der Waals surface area contributed by atoms with E-state index in [0.717, 1.165) is 0 Å². The van der Waals surface area contributed by atoms with Gasteiger partial charge in [-0.15, -0.1) is 0 Å². The standard InChI is InChI=1S/C15H16N2O3S/c1-20-11-6-7-13(16)14(8-11)21(19)9-10-4-2-3-5-12(10)15(17)18/h2-8H,9,16H2,1H3,(H2,17,18). The molecular formula is C15H16N2O3S. The zero-order chi connectivity index (χ0) is 15.4. The van der Waals surface area contributed by atoms with Gasteiger partial charge in [0.2, 0.25) is 5.91 Å². The Balaban J connectivity index is 2.33. The normalized spacial score (nSPS) is 11.9. The molecule has 5 nitrogen and oxygen atoms in total. The van der Waals surface area contributed by atoms with E-state index in [4.69, 9.17) is 16.2 Å². The Labute approximate surface area is 125 Å². The molecule has 0 fully saturated rings. The first kappa shape index (κ1) is 15.1. The van der Waals surface area contributed by atoms with Crippen molar-refractivity contribution in [1.29, 1.82) is 0 Å². The molecule has 0 bridgehead atoms. The van der Waals surface area contributed by atoms with Crippen molar-refractivity contribution in [2.24, 2.45) is 5.73 Å². The molecule has 0 saturated carbocycles. The Bertz CT molecular complexity index is 701. The van der Waals surface area contributed by atoms with E-state index in [1.165, 1.54) is 7.11 Å². The van der Waals surface area contributed by atoms with Gasteiger partial charge >= 0.3 is 0 Å². The number of amides is 1. The summed E-state index contributed by atoms with van der Waals surface area (Å²) in [6.45, 7) is 0. The van der Waals surface area contributed by atoms with Crippen molar-refractivity contribution in [2.75, 3.05) is 12.8 Å². The van der Waals surface area contributed by atoms with Crippen molar-refractivity contribution < 1.29 is 13.7 Å². The minimum atomic E-state index is -1.40. The van der Waals surface area contributed by atoms with Gasteiger partial charge in [0.25, 0.3) is 0 Å². The summed E-state index contributed by atoms with van der Waals surface area (Å²) in [5, 5.41) is 0.